The quantitative estimate of drug-likeness (QED) is 0.253. The number of aliphatic hydroxyl groups excluding tert-OH is 1. The van der Waals surface area contributed by atoms with Gasteiger partial charge in [-0.1, -0.05) is 0 Å². The van der Waals surface area contributed by atoms with Crippen LogP contribution in [0, 0.1) is 6.92 Å². The van der Waals surface area contributed by atoms with Crippen LogP contribution in [0.5, 0.6) is 0 Å². The van der Waals surface area contributed by atoms with Crippen molar-refractivity contribution in [3.05, 3.63) is 17.3 Å². The van der Waals surface area contributed by atoms with Crippen LogP contribution >= 0.6 is 11.6 Å². The third-order valence-corrected chi connectivity index (χ3v) is 4.76. The third kappa shape index (κ3) is 5.44. The van der Waals surface area contributed by atoms with Crippen LogP contribution in [0.15, 0.2) is 11.1 Å². The summed E-state index contributed by atoms with van der Waals surface area (Å²) in [6.45, 7) is 7.39. The number of aromatic carboxylic acids is 1. The van der Waals surface area contributed by atoms with Crippen molar-refractivity contribution >= 4 is 28.7 Å². The van der Waals surface area contributed by atoms with Crippen LogP contribution in [0.1, 0.15) is 62.1 Å². The van der Waals surface area contributed by atoms with Gasteiger partial charge in [0.05, 0.1) is 11.6 Å². The van der Waals surface area contributed by atoms with Gasteiger partial charge in [0.15, 0.2) is 5.29 Å². The predicted octanol–water partition coefficient (Wildman–Crippen LogP) is 2.91. The Kier molecular flexibility index (Phi) is 6.91. The minimum atomic E-state index is -1.14. The molecule has 0 aromatic carbocycles. The van der Waals surface area contributed by atoms with Gasteiger partial charge >= 0.3 is 5.97 Å². The second-order valence-corrected chi connectivity index (χ2v) is 8.09. The lowest BCUT2D eigenvalue weighted by atomic mass is 10.1. The number of hydrogen-bond donors (Lipinski definition) is 4. The maximum Gasteiger partial charge on any atom is 0.352 e. The second-order valence-electron chi connectivity index (χ2n) is 7.73. The van der Waals surface area contributed by atoms with Crippen LogP contribution in [-0.2, 0) is 4.74 Å². The van der Waals surface area contributed by atoms with E-state index >= 15 is 0 Å². The summed E-state index contributed by atoms with van der Waals surface area (Å²) in [5.41, 5.74) is 0.418. The van der Waals surface area contributed by atoms with Gasteiger partial charge in [0.1, 0.15) is 11.5 Å². The van der Waals surface area contributed by atoms with Crippen molar-refractivity contribution < 1.29 is 19.7 Å². The molecule has 0 aliphatic heterocycles. The van der Waals surface area contributed by atoms with Gasteiger partial charge in [0.2, 0.25) is 6.41 Å². The van der Waals surface area contributed by atoms with E-state index in [9.17, 15) is 15.0 Å². The first kappa shape index (κ1) is 21.7. The first-order valence-corrected chi connectivity index (χ1v) is 9.37. The first-order valence-electron chi connectivity index (χ1n) is 9.00. The Morgan fingerprint density at radius 2 is 2.11 bits per heavy atom. The zero-order valence-corrected chi connectivity index (χ0v) is 17.2. The highest BCUT2D eigenvalue weighted by molar-refractivity contribution is 6.67. The molecule has 152 valence electrons. The normalized spacial score (nSPS) is 22.1. The number of aliphatic hydroxyl groups is 1. The zero-order chi connectivity index (χ0) is 20.4. The number of aryl methyl sites for hydroxylation is 1. The smallest absolute Gasteiger partial charge is 0.352 e. The van der Waals surface area contributed by atoms with Gasteiger partial charge in [-0.2, -0.15) is 0 Å². The molecule has 1 aromatic rings. The Morgan fingerprint density at radius 3 is 2.67 bits per heavy atom. The van der Waals surface area contributed by atoms with E-state index in [2.05, 4.69) is 15.6 Å². The first-order chi connectivity index (χ1) is 12.5. The van der Waals surface area contributed by atoms with E-state index in [1.54, 1.807) is 17.7 Å². The highest BCUT2D eigenvalue weighted by atomic mass is 35.5. The SMILES string of the molecule is CN=C(Cl)Nc1c(C)cc(C(=O)O)n1C1CCCC1NC(O)OC(C)(C)C. The van der Waals surface area contributed by atoms with Crippen molar-refractivity contribution in [2.24, 2.45) is 4.99 Å². The van der Waals surface area contributed by atoms with E-state index in [1.807, 2.05) is 27.7 Å². The number of carboxylic acids is 1. The third-order valence-electron chi connectivity index (χ3n) is 4.50. The van der Waals surface area contributed by atoms with Crippen LogP contribution in [0.2, 0.25) is 0 Å². The summed E-state index contributed by atoms with van der Waals surface area (Å²) in [6.07, 6.45) is 1.32. The average molecular weight is 401 g/mol. The largest absolute Gasteiger partial charge is 0.477 e. The van der Waals surface area contributed by atoms with Gasteiger partial charge in [-0.3, -0.25) is 10.3 Å². The highest BCUT2D eigenvalue weighted by Crippen LogP contribution is 2.37. The summed E-state index contributed by atoms with van der Waals surface area (Å²) in [6, 6.07) is 1.29. The van der Waals surface area contributed by atoms with Crippen molar-refractivity contribution in [3.63, 3.8) is 0 Å². The molecule has 0 radical (unpaired) electrons. The molecule has 9 heteroatoms. The molecule has 1 fully saturated rings. The standard InChI is InChI=1S/C18H29ClN4O4/c1-10-9-13(15(24)25)23(14(10)22-16(19)20-5)12-8-6-7-11(12)21-17(26)27-18(2,3)4/h9,11-12,17,21,26H,6-8H2,1-5H3,(H,20,22)(H,24,25). The topological polar surface area (TPSA) is 108 Å². The molecule has 1 heterocycles. The Morgan fingerprint density at radius 1 is 1.44 bits per heavy atom. The Balaban J connectivity index is 2.35. The number of nitrogens with one attached hydrogen (secondary N) is 2. The number of nitrogens with zero attached hydrogens (tertiary/aromatic N) is 2. The molecule has 27 heavy (non-hydrogen) atoms. The zero-order valence-electron chi connectivity index (χ0n) is 16.4. The number of halogens is 1. The highest BCUT2D eigenvalue weighted by Gasteiger charge is 2.35. The monoisotopic (exact) mass is 400 g/mol. The molecule has 3 unspecified atom stereocenters. The minimum absolute atomic E-state index is 0.148. The molecular weight excluding hydrogens is 372 g/mol. The molecule has 8 nitrogen and oxygen atoms in total. The van der Waals surface area contributed by atoms with Gasteiger partial charge in [-0.05, 0) is 70.2 Å². The van der Waals surface area contributed by atoms with Crippen LogP contribution in [0.3, 0.4) is 0 Å². The lowest BCUT2D eigenvalue weighted by molar-refractivity contribution is -0.186. The second kappa shape index (κ2) is 8.60. The van der Waals surface area contributed by atoms with E-state index in [0.29, 0.717) is 5.82 Å². The number of amidine groups is 1. The fraction of sp³-hybridized carbons (Fsp3) is 0.667. The average Bonchev–Trinajstić information content (AvgIpc) is 3.10. The maximum atomic E-state index is 11.8. The number of ether oxygens (including phenoxy) is 1. The molecule has 0 spiro atoms. The van der Waals surface area contributed by atoms with Crippen LogP contribution in [0.25, 0.3) is 0 Å². The Hall–Kier alpha value is -1.61. The van der Waals surface area contributed by atoms with E-state index < -0.39 is 18.0 Å². The van der Waals surface area contributed by atoms with Crippen LogP contribution in [-0.4, -0.2) is 51.1 Å². The van der Waals surface area contributed by atoms with E-state index in [-0.39, 0.29) is 23.1 Å². The van der Waals surface area contributed by atoms with E-state index in [1.165, 1.54) is 0 Å². The lowest BCUT2D eigenvalue weighted by Crippen LogP contribution is -2.45. The molecule has 1 aliphatic rings. The fourth-order valence-electron chi connectivity index (χ4n) is 3.47. The number of aliphatic imine (C=N–C) groups is 1. The van der Waals surface area contributed by atoms with Crippen molar-refractivity contribution in [1.82, 2.24) is 9.88 Å². The van der Waals surface area contributed by atoms with E-state index in [4.69, 9.17) is 16.3 Å². The molecule has 0 amide bonds. The van der Waals surface area contributed by atoms with Crippen molar-refractivity contribution in [3.8, 4) is 0 Å². The van der Waals surface area contributed by atoms with Gasteiger partial charge in [-0.25, -0.2) is 4.79 Å². The molecule has 0 saturated heterocycles. The molecule has 3 atom stereocenters. The summed E-state index contributed by atoms with van der Waals surface area (Å²) < 4.78 is 7.28. The van der Waals surface area contributed by atoms with Crippen molar-refractivity contribution in [1.29, 1.82) is 0 Å². The maximum absolute atomic E-state index is 11.8. The molecule has 4 N–H and O–H groups in total. The van der Waals surface area contributed by atoms with E-state index in [0.717, 1.165) is 24.8 Å². The minimum Gasteiger partial charge on any atom is -0.477 e. The van der Waals surface area contributed by atoms with Gasteiger partial charge in [-0.15, -0.1) is 0 Å². The molecule has 0 bridgehead atoms. The Bertz CT molecular complexity index is 711. The predicted molar refractivity (Wildman–Crippen MR) is 106 cm³/mol. The molecule has 2 rings (SSSR count). The van der Waals surface area contributed by atoms with Gasteiger partial charge in [0, 0.05) is 13.1 Å². The fourth-order valence-corrected chi connectivity index (χ4v) is 3.56. The van der Waals surface area contributed by atoms with Gasteiger partial charge in [0.25, 0.3) is 0 Å². The number of carbonyl (C=O) groups is 1. The number of anilines is 1. The summed E-state index contributed by atoms with van der Waals surface area (Å²) in [5, 5.41) is 26.1. The van der Waals surface area contributed by atoms with Crippen molar-refractivity contribution in [2.45, 2.75) is 71.1 Å². The number of carboxylic acid groups (broad SMARTS) is 1. The van der Waals surface area contributed by atoms with Crippen LogP contribution < -0.4 is 10.6 Å². The van der Waals surface area contributed by atoms with Gasteiger partial charge < -0.3 is 24.8 Å². The molecule has 1 aromatic heterocycles. The summed E-state index contributed by atoms with van der Waals surface area (Å²) in [7, 11) is 1.55. The summed E-state index contributed by atoms with van der Waals surface area (Å²) in [5.74, 6) is -0.430. The summed E-state index contributed by atoms with van der Waals surface area (Å²) >= 11 is 6.04. The summed E-state index contributed by atoms with van der Waals surface area (Å²) in [4.78, 5) is 15.7. The molecular formula is C18H29ClN4O4. The Labute approximate surface area is 164 Å². The lowest BCUT2D eigenvalue weighted by Gasteiger charge is -2.31. The number of hydrogen-bond acceptors (Lipinski definition) is 5. The number of aromatic nitrogens is 1. The molecule has 1 saturated carbocycles. The van der Waals surface area contributed by atoms with Crippen LogP contribution in [0.4, 0.5) is 5.82 Å². The number of rotatable bonds is 6. The molecule has 1 aliphatic carbocycles. The van der Waals surface area contributed by atoms with Crippen molar-refractivity contribution in [2.75, 3.05) is 12.4 Å².